The first-order valence-corrected chi connectivity index (χ1v) is 7.83. The van der Waals surface area contributed by atoms with E-state index in [2.05, 4.69) is 85.8 Å². The summed E-state index contributed by atoms with van der Waals surface area (Å²) in [5, 5.41) is 1.20. The fourth-order valence-electron chi connectivity index (χ4n) is 3.02. The van der Waals surface area contributed by atoms with Gasteiger partial charge in [-0.1, -0.05) is 66.7 Å². The van der Waals surface area contributed by atoms with E-state index in [1.807, 2.05) is 6.07 Å². The summed E-state index contributed by atoms with van der Waals surface area (Å²) < 4.78 is 0. The van der Waals surface area contributed by atoms with E-state index >= 15 is 0 Å². The number of fused-ring (bicyclic) bond motifs is 1. The van der Waals surface area contributed by atoms with Crippen LogP contribution in [0.3, 0.4) is 0 Å². The summed E-state index contributed by atoms with van der Waals surface area (Å²) in [6, 6.07) is 29.7. The van der Waals surface area contributed by atoms with Gasteiger partial charge >= 0.3 is 0 Å². The van der Waals surface area contributed by atoms with E-state index in [0.29, 0.717) is 0 Å². The van der Waals surface area contributed by atoms with Crippen LogP contribution in [0.5, 0.6) is 0 Å². The van der Waals surface area contributed by atoms with Crippen LogP contribution in [0.1, 0.15) is 5.69 Å². The Hall–Kier alpha value is -2.93. The van der Waals surface area contributed by atoms with Crippen molar-refractivity contribution in [2.45, 2.75) is 6.92 Å². The van der Waals surface area contributed by atoms with Gasteiger partial charge in [0.05, 0.1) is 5.52 Å². The van der Waals surface area contributed by atoms with Crippen molar-refractivity contribution in [2.75, 3.05) is 0 Å². The van der Waals surface area contributed by atoms with Gasteiger partial charge in [0.2, 0.25) is 0 Å². The maximum Gasteiger partial charge on any atom is 0.0711 e. The van der Waals surface area contributed by atoms with E-state index in [9.17, 15) is 0 Å². The van der Waals surface area contributed by atoms with Crippen LogP contribution in [0.2, 0.25) is 0 Å². The van der Waals surface area contributed by atoms with Crippen molar-refractivity contribution in [3.05, 3.63) is 90.6 Å². The lowest BCUT2D eigenvalue weighted by molar-refractivity contribution is 1.26. The highest BCUT2D eigenvalue weighted by molar-refractivity contribution is 5.97. The van der Waals surface area contributed by atoms with Gasteiger partial charge in [-0.15, -0.1) is 0 Å². The predicted octanol–water partition coefficient (Wildman–Crippen LogP) is 5.88. The minimum absolute atomic E-state index is 1.04. The molecule has 0 atom stereocenters. The first-order valence-electron chi connectivity index (χ1n) is 7.83. The zero-order valence-electron chi connectivity index (χ0n) is 13.0. The SMILES string of the molecule is Cc1cc(-c2ccccc2)c2cc(-c3ccccc3)ccc2n1. The molecule has 0 bridgehead atoms. The molecule has 0 radical (unpaired) electrons. The summed E-state index contributed by atoms with van der Waals surface area (Å²) in [6.45, 7) is 2.05. The summed E-state index contributed by atoms with van der Waals surface area (Å²) >= 11 is 0. The average Bonchev–Trinajstić information content (AvgIpc) is 2.62. The highest BCUT2D eigenvalue weighted by Gasteiger charge is 2.08. The van der Waals surface area contributed by atoms with Gasteiger partial charge in [0.25, 0.3) is 0 Å². The fraction of sp³-hybridized carbons (Fsp3) is 0.0455. The largest absolute Gasteiger partial charge is 0.253 e. The molecule has 0 amide bonds. The van der Waals surface area contributed by atoms with E-state index in [-0.39, 0.29) is 0 Å². The average molecular weight is 295 g/mol. The van der Waals surface area contributed by atoms with Crippen LogP contribution in [-0.4, -0.2) is 4.98 Å². The van der Waals surface area contributed by atoms with Crippen LogP contribution >= 0.6 is 0 Å². The van der Waals surface area contributed by atoms with Crippen LogP contribution in [0.25, 0.3) is 33.2 Å². The topological polar surface area (TPSA) is 12.9 Å². The lowest BCUT2D eigenvalue weighted by Gasteiger charge is -2.10. The Bertz CT molecular complexity index is 957. The predicted molar refractivity (Wildman–Crippen MR) is 97.4 cm³/mol. The molecule has 0 fully saturated rings. The molecule has 1 nitrogen and oxygen atoms in total. The minimum atomic E-state index is 1.04. The number of aromatic nitrogens is 1. The second-order valence-electron chi connectivity index (χ2n) is 5.78. The van der Waals surface area contributed by atoms with Crippen molar-refractivity contribution in [2.24, 2.45) is 0 Å². The third-order valence-electron chi connectivity index (χ3n) is 4.13. The molecule has 0 aliphatic heterocycles. The Morgan fingerprint density at radius 1 is 0.609 bits per heavy atom. The van der Waals surface area contributed by atoms with Gasteiger partial charge in [-0.05, 0) is 47.4 Å². The molecule has 23 heavy (non-hydrogen) atoms. The van der Waals surface area contributed by atoms with Gasteiger partial charge in [0.1, 0.15) is 0 Å². The number of aryl methyl sites for hydroxylation is 1. The van der Waals surface area contributed by atoms with Gasteiger partial charge < -0.3 is 0 Å². The van der Waals surface area contributed by atoms with Crippen molar-refractivity contribution in [3.8, 4) is 22.3 Å². The molecule has 4 aromatic rings. The maximum absolute atomic E-state index is 4.70. The van der Waals surface area contributed by atoms with E-state index in [1.165, 1.54) is 27.6 Å². The number of rotatable bonds is 2. The summed E-state index contributed by atoms with van der Waals surface area (Å²) in [5.41, 5.74) is 7.02. The number of benzene rings is 3. The smallest absolute Gasteiger partial charge is 0.0711 e. The van der Waals surface area contributed by atoms with E-state index < -0.39 is 0 Å². The van der Waals surface area contributed by atoms with E-state index in [1.54, 1.807) is 0 Å². The first-order chi connectivity index (χ1) is 11.3. The Labute approximate surface area is 136 Å². The minimum Gasteiger partial charge on any atom is -0.253 e. The van der Waals surface area contributed by atoms with Crippen molar-refractivity contribution < 1.29 is 0 Å². The normalized spacial score (nSPS) is 10.8. The monoisotopic (exact) mass is 295 g/mol. The maximum atomic E-state index is 4.70. The number of nitrogens with zero attached hydrogens (tertiary/aromatic N) is 1. The van der Waals surface area contributed by atoms with Gasteiger partial charge in [-0.3, -0.25) is 4.98 Å². The van der Waals surface area contributed by atoms with Crippen LogP contribution in [-0.2, 0) is 0 Å². The molecule has 1 heteroatoms. The fourth-order valence-corrected chi connectivity index (χ4v) is 3.02. The number of hydrogen-bond acceptors (Lipinski definition) is 1. The summed E-state index contributed by atoms with van der Waals surface area (Å²) in [6.07, 6.45) is 0. The van der Waals surface area contributed by atoms with Crippen molar-refractivity contribution >= 4 is 10.9 Å². The van der Waals surface area contributed by atoms with Crippen molar-refractivity contribution in [3.63, 3.8) is 0 Å². The lowest BCUT2D eigenvalue weighted by atomic mass is 9.97. The molecule has 0 unspecified atom stereocenters. The Morgan fingerprint density at radius 3 is 1.96 bits per heavy atom. The first kappa shape index (κ1) is 13.7. The molecule has 3 aromatic carbocycles. The van der Waals surface area contributed by atoms with Crippen LogP contribution in [0, 0.1) is 6.92 Å². The van der Waals surface area contributed by atoms with Crippen molar-refractivity contribution in [1.29, 1.82) is 0 Å². The molecule has 1 heterocycles. The van der Waals surface area contributed by atoms with Crippen LogP contribution in [0.4, 0.5) is 0 Å². The summed E-state index contributed by atoms with van der Waals surface area (Å²) in [5.74, 6) is 0. The standard InChI is InChI=1S/C22H17N/c1-16-14-20(18-10-6-3-7-11-18)21-15-19(12-13-22(21)23-16)17-8-4-2-5-9-17/h2-15H,1H3. The number of hydrogen-bond donors (Lipinski definition) is 0. The second-order valence-corrected chi connectivity index (χ2v) is 5.78. The molecule has 0 spiro atoms. The third-order valence-corrected chi connectivity index (χ3v) is 4.13. The van der Waals surface area contributed by atoms with Gasteiger partial charge in [-0.2, -0.15) is 0 Å². The van der Waals surface area contributed by atoms with Gasteiger partial charge in [0.15, 0.2) is 0 Å². The molecular weight excluding hydrogens is 278 g/mol. The molecular formula is C22H17N. The molecule has 0 saturated carbocycles. The Balaban J connectivity index is 1.98. The molecule has 0 aliphatic rings. The zero-order chi connectivity index (χ0) is 15.6. The van der Waals surface area contributed by atoms with Gasteiger partial charge in [-0.25, -0.2) is 0 Å². The lowest BCUT2D eigenvalue weighted by Crippen LogP contribution is -1.89. The molecule has 4 rings (SSSR count). The summed E-state index contributed by atoms with van der Waals surface area (Å²) in [4.78, 5) is 4.70. The van der Waals surface area contributed by atoms with Crippen molar-refractivity contribution in [1.82, 2.24) is 4.98 Å². The van der Waals surface area contributed by atoms with E-state index in [0.717, 1.165) is 11.2 Å². The highest BCUT2D eigenvalue weighted by atomic mass is 14.7. The van der Waals surface area contributed by atoms with Gasteiger partial charge in [0, 0.05) is 11.1 Å². The molecule has 0 saturated heterocycles. The molecule has 0 aliphatic carbocycles. The van der Waals surface area contributed by atoms with E-state index in [4.69, 9.17) is 4.98 Å². The third kappa shape index (κ3) is 2.62. The molecule has 110 valence electrons. The zero-order valence-corrected chi connectivity index (χ0v) is 13.0. The van der Waals surface area contributed by atoms with Crippen LogP contribution < -0.4 is 0 Å². The Kier molecular flexibility index (Phi) is 3.39. The second kappa shape index (κ2) is 5.69. The highest BCUT2D eigenvalue weighted by Crippen LogP contribution is 2.31. The molecule has 1 aromatic heterocycles. The quantitative estimate of drug-likeness (QED) is 0.450. The number of pyridine rings is 1. The van der Waals surface area contributed by atoms with Crippen LogP contribution in [0.15, 0.2) is 84.9 Å². The Morgan fingerprint density at radius 2 is 1.26 bits per heavy atom. The molecule has 0 N–H and O–H groups in total. The summed E-state index contributed by atoms with van der Waals surface area (Å²) in [7, 11) is 0.